The van der Waals surface area contributed by atoms with Gasteiger partial charge in [-0.15, -0.1) is 0 Å². The van der Waals surface area contributed by atoms with E-state index in [2.05, 4.69) is 10.3 Å². The molecule has 1 saturated heterocycles. The van der Waals surface area contributed by atoms with E-state index >= 15 is 0 Å². The third-order valence-electron chi connectivity index (χ3n) is 3.71. The SMILES string of the molecule is Cc1cc(C(=O)N[C@@H]2CCS(=O)(=O)C2)c2ccc(F)cc2n1. The number of benzene rings is 1. The second-order valence-corrected chi connectivity index (χ2v) is 7.77. The first-order chi connectivity index (χ1) is 10.3. The quantitative estimate of drug-likeness (QED) is 0.911. The van der Waals surface area contributed by atoms with Crippen LogP contribution in [0.4, 0.5) is 4.39 Å². The topological polar surface area (TPSA) is 76.1 Å². The number of nitrogens with one attached hydrogen (secondary N) is 1. The number of pyridine rings is 1. The van der Waals surface area contributed by atoms with Crippen LogP contribution in [-0.4, -0.2) is 36.9 Å². The molecule has 1 N–H and O–H groups in total. The van der Waals surface area contributed by atoms with Crippen molar-refractivity contribution in [2.75, 3.05) is 11.5 Å². The van der Waals surface area contributed by atoms with Gasteiger partial charge in [-0.05, 0) is 31.5 Å². The highest BCUT2D eigenvalue weighted by Gasteiger charge is 2.29. The monoisotopic (exact) mass is 322 g/mol. The summed E-state index contributed by atoms with van der Waals surface area (Å²) in [6.45, 7) is 1.72. The van der Waals surface area contributed by atoms with E-state index in [1.54, 1.807) is 13.0 Å². The molecule has 0 radical (unpaired) electrons. The summed E-state index contributed by atoms with van der Waals surface area (Å²) in [5, 5.41) is 3.29. The van der Waals surface area contributed by atoms with Crippen LogP contribution in [0.1, 0.15) is 22.5 Å². The largest absolute Gasteiger partial charge is 0.348 e. The van der Waals surface area contributed by atoms with Gasteiger partial charge in [-0.3, -0.25) is 9.78 Å². The van der Waals surface area contributed by atoms with E-state index in [0.717, 1.165) is 0 Å². The van der Waals surface area contributed by atoms with Crippen LogP contribution in [0, 0.1) is 12.7 Å². The fourth-order valence-corrected chi connectivity index (χ4v) is 4.37. The predicted molar refractivity (Wildman–Crippen MR) is 81.0 cm³/mol. The molecule has 1 fully saturated rings. The number of rotatable bonds is 2. The number of aromatic nitrogens is 1. The van der Waals surface area contributed by atoms with Crippen molar-refractivity contribution in [2.24, 2.45) is 0 Å². The molecule has 0 spiro atoms. The fourth-order valence-electron chi connectivity index (χ4n) is 2.69. The van der Waals surface area contributed by atoms with Gasteiger partial charge in [-0.2, -0.15) is 0 Å². The number of sulfone groups is 1. The van der Waals surface area contributed by atoms with Gasteiger partial charge in [0.05, 0.1) is 22.6 Å². The summed E-state index contributed by atoms with van der Waals surface area (Å²) < 4.78 is 36.2. The number of halogens is 1. The molecule has 1 aromatic carbocycles. The van der Waals surface area contributed by atoms with Gasteiger partial charge in [0, 0.05) is 23.2 Å². The number of nitrogens with zero attached hydrogens (tertiary/aromatic N) is 1. The molecule has 1 atom stereocenters. The molecule has 7 heteroatoms. The molecule has 2 heterocycles. The van der Waals surface area contributed by atoms with E-state index in [1.807, 2.05) is 0 Å². The molecule has 0 saturated carbocycles. The smallest absolute Gasteiger partial charge is 0.252 e. The molecule has 116 valence electrons. The zero-order chi connectivity index (χ0) is 15.9. The molecule has 5 nitrogen and oxygen atoms in total. The summed E-state index contributed by atoms with van der Waals surface area (Å²) in [5.74, 6) is -0.711. The number of hydrogen-bond donors (Lipinski definition) is 1. The zero-order valence-corrected chi connectivity index (χ0v) is 12.8. The summed E-state index contributed by atoms with van der Waals surface area (Å²) in [4.78, 5) is 16.7. The first kappa shape index (κ1) is 14.9. The van der Waals surface area contributed by atoms with Gasteiger partial charge in [0.25, 0.3) is 5.91 Å². The van der Waals surface area contributed by atoms with E-state index in [0.29, 0.717) is 28.6 Å². The Morgan fingerprint density at radius 3 is 2.82 bits per heavy atom. The number of carbonyl (C=O) groups is 1. The lowest BCUT2D eigenvalue weighted by Crippen LogP contribution is -2.35. The van der Waals surface area contributed by atoms with E-state index < -0.39 is 15.7 Å². The Morgan fingerprint density at radius 2 is 2.14 bits per heavy atom. The second kappa shape index (κ2) is 5.31. The lowest BCUT2D eigenvalue weighted by molar-refractivity contribution is 0.0942. The first-order valence-electron chi connectivity index (χ1n) is 6.92. The Bertz CT molecular complexity index is 859. The minimum atomic E-state index is -3.06. The van der Waals surface area contributed by atoms with Crippen LogP contribution < -0.4 is 5.32 Å². The Morgan fingerprint density at radius 1 is 1.36 bits per heavy atom. The number of amides is 1. The number of fused-ring (bicyclic) bond motifs is 1. The maximum atomic E-state index is 13.3. The Balaban J connectivity index is 1.94. The number of aryl methyl sites for hydroxylation is 1. The highest BCUT2D eigenvalue weighted by Crippen LogP contribution is 2.20. The van der Waals surface area contributed by atoms with Gasteiger partial charge in [0.1, 0.15) is 5.82 Å². The zero-order valence-electron chi connectivity index (χ0n) is 12.0. The van der Waals surface area contributed by atoms with Gasteiger partial charge in [-0.25, -0.2) is 12.8 Å². The molecular formula is C15H15FN2O3S. The van der Waals surface area contributed by atoms with Crippen molar-refractivity contribution < 1.29 is 17.6 Å². The minimum Gasteiger partial charge on any atom is -0.348 e. The second-order valence-electron chi connectivity index (χ2n) is 5.55. The lowest BCUT2D eigenvalue weighted by atomic mass is 10.1. The van der Waals surface area contributed by atoms with E-state index in [4.69, 9.17) is 0 Å². The number of carbonyl (C=O) groups excluding carboxylic acids is 1. The van der Waals surface area contributed by atoms with Crippen LogP contribution >= 0.6 is 0 Å². The van der Waals surface area contributed by atoms with Crippen molar-refractivity contribution >= 4 is 26.6 Å². The molecule has 0 aliphatic carbocycles. The van der Waals surface area contributed by atoms with Crippen molar-refractivity contribution in [3.8, 4) is 0 Å². The van der Waals surface area contributed by atoms with Crippen LogP contribution in [0.15, 0.2) is 24.3 Å². The molecule has 3 rings (SSSR count). The standard InChI is InChI=1S/C15H15FN2O3S/c1-9-6-13(12-3-2-10(16)7-14(12)17-9)15(19)18-11-4-5-22(20,21)8-11/h2-3,6-7,11H,4-5,8H2,1H3,(H,18,19)/t11-/m1/s1. The van der Waals surface area contributed by atoms with Crippen molar-refractivity contribution in [3.63, 3.8) is 0 Å². The van der Waals surface area contributed by atoms with Crippen molar-refractivity contribution in [1.29, 1.82) is 0 Å². The molecule has 22 heavy (non-hydrogen) atoms. The molecular weight excluding hydrogens is 307 g/mol. The first-order valence-corrected chi connectivity index (χ1v) is 8.74. The third kappa shape index (κ3) is 2.94. The third-order valence-corrected chi connectivity index (χ3v) is 5.48. The molecule has 0 bridgehead atoms. The summed E-state index contributed by atoms with van der Waals surface area (Å²) >= 11 is 0. The summed E-state index contributed by atoms with van der Waals surface area (Å²) in [5.41, 5.74) is 1.39. The van der Waals surface area contributed by atoms with E-state index in [9.17, 15) is 17.6 Å². The van der Waals surface area contributed by atoms with Crippen LogP contribution in [0.5, 0.6) is 0 Å². The summed E-state index contributed by atoms with van der Waals surface area (Å²) in [6.07, 6.45) is 0.421. The van der Waals surface area contributed by atoms with Crippen LogP contribution in [-0.2, 0) is 9.84 Å². The Hall–Kier alpha value is -2.02. The Labute approximate surface area is 127 Å². The molecule has 1 aliphatic rings. The molecule has 2 aromatic rings. The normalized spacial score (nSPS) is 20.2. The highest BCUT2D eigenvalue weighted by atomic mass is 32.2. The summed E-state index contributed by atoms with van der Waals surface area (Å²) in [6, 6.07) is 5.31. The molecule has 1 aliphatic heterocycles. The van der Waals surface area contributed by atoms with Crippen LogP contribution in [0.25, 0.3) is 10.9 Å². The maximum Gasteiger partial charge on any atom is 0.252 e. The molecule has 0 unspecified atom stereocenters. The highest BCUT2D eigenvalue weighted by molar-refractivity contribution is 7.91. The van der Waals surface area contributed by atoms with Gasteiger partial charge >= 0.3 is 0 Å². The summed E-state index contributed by atoms with van der Waals surface area (Å²) in [7, 11) is -3.06. The predicted octanol–water partition coefficient (Wildman–Crippen LogP) is 1.60. The Kier molecular flexibility index (Phi) is 3.60. The van der Waals surface area contributed by atoms with Crippen LogP contribution in [0.3, 0.4) is 0 Å². The van der Waals surface area contributed by atoms with Gasteiger partial charge in [-0.1, -0.05) is 0 Å². The van der Waals surface area contributed by atoms with Gasteiger partial charge in [0.2, 0.25) is 0 Å². The fraction of sp³-hybridized carbons (Fsp3) is 0.333. The van der Waals surface area contributed by atoms with E-state index in [-0.39, 0.29) is 23.5 Å². The van der Waals surface area contributed by atoms with E-state index in [1.165, 1.54) is 18.2 Å². The van der Waals surface area contributed by atoms with Crippen LogP contribution in [0.2, 0.25) is 0 Å². The average molecular weight is 322 g/mol. The van der Waals surface area contributed by atoms with Crippen molar-refractivity contribution in [3.05, 3.63) is 41.3 Å². The molecule has 1 aromatic heterocycles. The van der Waals surface area contributed by atoms with Gasteiger partial charge < -0.3 is 5.32 Å². The van der Waals surface area contributed by atoms with Gasteiger partial charge in [0.15, 0.2) is 9.84 Å². The molecule has 1 amide bonds. The average Bonchev–Trinajstić information content (AvgIpc) is 2.76. The number of hydrogen-bond acceptors (Lipinski definition) is 4. The maximum absolute atomic E-state index is 13.3. The van der Waals surface area contributed by atoms with Crippen molar-refractivity contribution in [2.45, 2.75) is 19.4 Å². The minimum absolute atomic E-state index is 0.0324. The lowest BCUT2D eigenvalue weighted by Gasteiger charge is -2.13. The van der Waals surface area contributed by atoms with Crippen molar-refractivity contribution in [1.82, 2.24) is 10.3 Å².